The van der Waals surface area contributed by atoms with Gasteiger partial charge in [0, 0.05) is 25.0 Å². The first-order chi connectivity index (χ1) is 6.68. The highest BCUT2D eigenvalue weighted by atomic mass is 32.2. The van der Waals surface area contributed by atoms with Crippen LogP contribution in [0.1, 0.15) is 33.1 Å². The van der Waals surface area contributed by atoms with E-state index in [0.717, 1.165) is 24.9 Å². The van der Waals surface area contributed by atoms with Crippen molar-refractivity contribution in [2.75, 3.05) is 19.0 Å². The number of ether oxygens (including phenoxy) is 1. The van der Waals surface area contributed by atoms with E-state index in [1.165, 1.54) is 19.3 Å². The Morgan fingerprint density at radius 3 is 2.57 bits per heavy atom. The zero-order valence-corrected chi connectivity index (χ0v) is 10.2. The fourth-order valence-corrected chi connectivity index (χ4v) is 2.56. The molecule has 1 heterocycles. The average Bonchev–Trinajstić information content (AvgIpc) is 2.16. The van der Waals surface area contributed by atoms with E-state index in [4.69, 9.17) is 10.5 Å². The van der Waals surface area contributed by atoms with Crippen molar-refractivity contribution in [2.45, 2.75) is 44.4 Å². The lowest BCUT2D eigenvalue weighted by atomic mass is 9.93. The largest absolute Gasteiger partial charge is 0.381 e. The molecule has 0 aromatic carbocycles. The van der Waals surface area contributed by atoms with Crippen LogP contribution in [0.2, 0.25) is 0 Å². The Labute approximate surface area is 92.0 Å². The Bertz CT molecular complexity index is 146. The molecule has 84 valence electrons. The average molecular weight is 217 g/mol. The molecule has 2 nitrogen and oxygen atoms in total. The highest BCUT2D eigenvalue weighted by molar-refractivity contribution is 7.99. The summed E-state index contributed by atoms with van der Waals surface area (Å²) in [5.41, 5.74) is 6.09. The first kappa shape index (κ1) is 12.3. The summed E-state index contributed by atoms with van der Waals surface area (Å²) in [6.07, 6.45) is 3.60. The smallest absolute Gasteiger partial charge is 0.0468 e. The minimum Gasteiger partial charge on any atom is -0.381 e. The van der Waals surface area contributed by atoms with Crippen molar-refractivity contribution in [3.05, 3.63) is 0 Å². The van der Waals surface area contributed by atoms with E-state index in [9.17, 15) is 0 Å². The fraction of sp³-hybridized carbons (Fsp3) is 1.00. The van der Waals surface area contributed by atoms with Gasteiger partial charge in [0.2, 0.25) is 0 Å². The molecule has 14 heavy (non-hydrogen) atoms. The third-order valence-corrected chi connectivity index (χ3v) is 3.91. The molecule has 3 heteroatoms. The summed E-state index contributed by atoms with van der Waals surface area (Å²) >= 11 is 1.97. The van der Waals surface area contributed by atoms with Crippen LogP contribution in [0, 0.1) is 5.92 Å². The maximum absolute atomic E-state index is 6.09. The van der Waals surface area contributed by atoms with Crippen LogP contribution in [0.3, 0.4) is 0 Å². The zero-order chi connectivity index (χ0) is 10.4. The van der Waals surface area contributed by atoms with Crippen LogP contribution in [0.4, 0.5) is 0 Å². The highest BCUT2D eigenvalue weighted by Gasteiger charge is 2.17. The molecule has 0 radical (unpaired) electrons. The molecule has 1 rings (SSSR count). The van der Waals surface area contributed by atoms with Crippen LogP contribution in [0.15, 0.2) is 0 Å². The lowest BCUT2D eigenvalue weighted by Gasteiger charge is -2.24. The van der Waals surface area contributed by atoms with Crippen molar-refractivity contribution in [2.24, 2.45) is 11.7 Å². The fourth-order valence-electron chi connectivity index (χ4n) is 1.79. The normalized spacial score (nSPS) is 21.4. The van der Waals surface area contributed by atoms with Crippen molar-refractivity contribution >= 4 is 11.8 Å². The highest BCUT2D eigenvalue weighted by Crippen LogP contribution is 2.21. The Kier molecular flexibility index (Phi) is 5.90. The summed E-state index contributed by atoms with van der Waals surface area (Å²) in [5.74, 6) is 1.92. The maximum Gasteiger partial charge on any atom is 0.0468 e. The van der Waals surface area contributed by atoms with Gasteiger partial charge >= 0.3 is 0 Å². The van der Waals surface area contributed by atoms with Gasteiger partial charge in [0.15, 0.2) is 0 Å². The van der Waals surface area contributed by atoms with Gasteiger partial charge in [-0.1, -0.05) is 13.8 Å². The van der Waals surface area contributed by atoms with Crippen molar-refractivity contribution in [1.29, 1.82) is 0 Å². The van der Waals surface area contributed by atoms with Gasteiger partial charge in [-0.3, -0.25) is 0 Å². The summed E-state index contributed by atoms with van der Waals surface area (Å²) < 4.78 is 5.33. The molecule has 1 atom stereocenters. The minimum absolute atomic E-state index is 0.380. The second-order valence-corrected chi connectivity index (χ2v) is 6.04. The van der Waals surface area contributed by atoms with Crippen LogP contribution in [-0.2, 0) is 4.74 Å². The van der Waals surface area contributed by atoms with Gasteiger partial charge in [-0.15, -0.1) is 0 Å². The number of hydrogen-bond donors (Lipinski definition) is 1. The van der Waals surface area contributed by atoms with Crippen LogP contribution < -0.4 is 5.73 Å². The molecule has 0 amide bonds. The monoisotopic (exact) mass is 217 g/mol. The predicted molar refractivity (Wildman–Crippen MR) is 63.7 cm³/mol. The third-order valence-electron chi connectivity index (χ3n) is 2.62. The zero-order valence-electron chi connectivity index (χ0n) is 9.37. The third kappa shape index (κ3) is 5.23. The molecule has 0 aliphatic carbocycles. The van der Waals surface area contributed by atoms with Crippen molar-refractivity contribution < 1.29 is 4.74 Å². The Morgan fingerprint density at radius 1 is 1.36 bits per heavy atom. The van der Waals surface area contributed by atoms with Gasteiger partial charge in [-0.25, -0.2) is 0 Å². The van der Waals surface area contributed by atoms with Crippen molar-refractivity contribution in [3.63, 3.8) is 0 Å². The van der Waals surface area contributed by atoms with Gasteiger partial charge in [0.05, 0.1) is 0 Å². The molecule has 0 spiro atoms. The molecular weight excluding hydrogens is 194 g/mol. The van der Waals surface area contributed by atoms with Crippen LogP contribution in [0.25, 0.3) is 0 Å². The number of thioether (sulfide) groups is 1. The molecule has 2 N–H and O–H groups in total. The van der Waals surface area contributed by atoms with Gasteiger partial charge in [0.25, 0.3) is 0 Å². The van der Waals surface area contributed by atoms with Gasteiger partial charge in [-0.05, 0) is 30.4 Å². The number of hydrogen-bond acceptors (Lipinski definition) is 3. The Morgan fingerprint density at radius 2 is 2.00 bits per heavy atom. The molecule has 1 aliphatic heterocycles. The summed E-state index contributed by atoms with van der Waals surface area (Å²) in [6, 6.07) is 0.380. The molecule has 0 aromatic heterocycles. The maximum atomic E-state index is 6.09. The number of rotatable bonds is 5. The quantitative estimate of drug-likeness (QED) is 0.767. The van der Waals surface area contributed by atoms with E-state index < -0.39 is 0 Å². The van der Waals surface area contributed by atoms with E-state index >= 15 is 0 Å². The topological polar surface area (TPSA) is 35.2 Å². The molecule has 0 aromatic rings. The van der Waals surface area contributed by atoms with Crippen LogP contribution in [0.5, 0.6) is 0 Å². The molecule has 1 aliphatic rings. The van der Waals surface area contributed by atoms with Crippen molar-refractivity contribution in [1.82, 2.24) is 0 Å². The molecule has 1 saturated heterocycles. The second-order valence-electron chi connectivity index (χ2n) is 4.43. The van der Waals surface area contributed by atoms with E-state index in [1.807, 2.05) is 11.8 Å². The van der Waals surface area contributed by atoms with E-state index in [0.29, 0.717) is 11.3 Å². The number of nitrogens with two attached hydrogens (primary N) is 1. The Hall–Kier alpha value is 0.270. The van der Waals surface area contributed by atoms with Gasteiger partial charge < -0.3 is 10.5 Å². The first-order valence-corrected chi connectivity index (χ1v) is 6.68. The molecular formula is C11H23NOS. The van der Waals surface area contributed by atoms with E-state index in [1.54, 1.807) is 0 Å². The van der Waals surface area contributed by atoms with Gasteiger partial charge in [-0.2, -0.15) is 11.8 Å². The van der Waals surface area contributed by atoms with E-state index in [2.05, 4.69) is 13.8 Å². The lowest BCUT2D eigenvalue weighted by Crippen LogP contribution is -2.29. The standard InChI is InChI=1S/C11H23NOS/c1-9(2)14-8-11(12)7-10-3-5-13-6-4-10/h9-11H,3-8,12H2,1-2H3. The van der Waals surface area contributed by atoms with Crippen LogP contribution >= 0.6 is 11.8 Å². The van der Waals surface area contributed by atoms with Gasteiger partial charge in [0.1, 0.15) is 0 Å². The summed E-state index contributed by atoms with van der Waals surface area (Å²) in [5, 5.41) is 0.704. The second kappa shape index (κ2) is 6.70. The van der Waals surface area contributed by atoms with E-state index in [-0.39, 0.29) is 0 Å². The minimum atomic E-state index is 0.380. The summed E-state index contributed by atoms with van der Waals surface area (Å²) in [7, 11) is 0. The molecule has 1 fully saturated rings. The predicted octanol–water partition coefficient (Wildman–Crippen LogP) is 2.27. The molecule has 1 unspecified atom stereocenters. The molecule has 0 bridgehead atoms. The molecule has 0 saturated carbocycles. The summed E-state index contributed by atoms with van der Waals surface area (Å²) in [4.78, 5) is 0. The first-order valence-electron chi connectivity index (χ1n) is 5.63. The van der Waals surface area contributed by atoms with Crippen LogP contribution in [-0.4, -0.2) is 30.3 Å². The lowest BCUT2D eigenvalue weighted by molar-refractivity contribution is 0.0625. The SMILES string of the molecule is CC(C)SCC(N)CC1CCOCC1. The Balaban J connectivity index is 2.09. The summed E-state index contributed by atoms with van der Waals surface area (Å²) in [6.45, 7) is 6.33. The van der Waals surface area contributed by atoms with Crippen molar-refractivity contribution in [3.8, 4) is 0 Å².